The highest BCUT2D eigenvalue weighted by molar-refractivity contribution is 8.12. The summed E-state index contributed by atoms with van der Waals surface area (Å²) >= 11 is 1.81. The number of fused-ring (bicyclic) bond motifs is 11. The Bertz CT molecular complexity index is 4420. The van der Waals surface area contributed by atoms with Crippen LogP contribution in [0.5, 0.6) is 0 Å². The summed E-state index contributed by atoms with van der Waals surface area (Å²) in [6.45, 7) is 0. The molecule has 0 saturated carbocycles. The Morgan fingerprint density at radius 3 is 1.65 bits per heavy atom. The van der Waals surface area contributed by atoms with E-state index in [1.165, 1.54) is 80.6 Å². The first-order valence-electron chi connectivity index (χ1n) is 25.2. The van der Waals surface area contributed by atoms with Gasteiger partial charge in [-0.3, -0.25) is 4.57 Å². The number of aliphatic imine (C=N–C) groups is 1. The van der Waals surface area contributed by atoms with Gasteiger partial charge in [-0.05, 0) is 123 Å². The number of aromatic nitrogens is 2. The molecule has 2 aliphatic heterocycles. The molecule has 5 nitrogen and oxygen atoms in total. The molecule has 11 aromatic carbocycles. The topological polar surface area (TPSA) is 37.5 Å². The number of thioether (sulfide) groups is 1. The lowest BCUT2D eigenvalue weighted by atomic mass is 9.95. The highest BCUT2D eigenvalue weighted by atomic mass is 32.2. The van der Waals surface area contributed by atoms with E-state index in [2.05, 4.69) is 280 Å². The van der Waals surface area contributed by atoms with Gasteiger partial charge in [0.1, 0.15) is 0 Å². The van der Waals surface area contributed by atoms with Gasteiger partial charge in [-0.25, -0.2) is 4.99 Å². The van der Waals surface area contributed by atoms with E-state index in [1.807, 2.05) is 11.8 Å². The molecular weight excluding hydrogens is 919 g/mol. The number of anilines is 3. The maximum atomic E-state index is 5.73. The minimum Gasteiger partial charge on any atom is -0.344 e. The third-order valence-corrected chi connectivity index (χ3v) is 16.2. The second kappa shape index (κ2) is 17.2. The van der Waals surface area contributed by atoms with E-state index in [-0.39, 0.29) is 6.04 Å². The van der Waals surface area contributed by atoms with E-state index >= 15 is 0 Å². The summed E-state index contributed by atoms with van der Waals surface area (Å²) in [5.74, 6) is 0.793. The van der Waals surface area contributed by atoms with Gasteiger partial charge >= 0.3 is 0 Å². The van der Waals surface area contributed by atoms with E-state index in [0.29, 0.717) is 0 Å². The van der Waals surface area contributed by atoms with Gasteiger partial charge in [0.25, 0.3) is 0 Å². The molecule has 1 unspecified atom stereocenters. The minimum absolute atomic E-state index is 0.0934. The number of hydrogen-bond acceptors (Lipinski definition) is 4. The SMILES string of the molecule is C1=C(c2ccccc2)SC2=C(c3ccc(N(c4ccccc4)c4ccccc4)cc3)N=C(n3c4ccc(-c5cccc6c5c5c7ccccc7ccc5n6-c5ccccc5)cc4c4c5ccccc5ccc43)NC12. The van der Waals surface area contributed by atoms with Crippen molar-refractivity contribution in [1.29, 1.82) is 0 Å². The first-order chi connectivity index (χ1) is 36.7. The molecule has 0 saturated heterocycles. The van der Waals surface area contributed by atoms with Gasteiger partial charge in [0.15, 0.2) is 0 Å². The highest BCUT2D eigenvalue weighted by Gasteiger charge is 2.33. The monoisotopic (exact) mass is 963 g/mol. The van der Waals surface area contributed by atoms with Gasteiger partial charge in [0, 0.05) is 59.7 Å². The van der Waals surface area contributed by atoms with Crippen LogP contribution in [0.1, 0.15) is 11.1 Å². The summed E-state index contributed by atoms with van der Waals surface area (Å²) in [7, 11) is 0. The van der Waals surface area contributed by atoms with Crippen molar-refractivity contribution in [3.63, 3.8) is 0 Å². The van der Waals surface area contributed by atoms with Crippen LogP contribution in [-0.4, -0.2) is 21.1 Å². The molecule has 0 aliphatic carbocycles. The average Bonchev–Trinajstić information content (AvgIpc) is 4.18. The second-order valence-electron chi connectivity index (χ2n) is 19.1. The number of nitrogens with zero attached hydrogens (tertiary/aromatic N) is 4. The van der Waals surface area contributed by atoms with Crippen LogP contribution in [-0.2, 0) is 0 Å². The predicted octanol–water partition coefficient (Wildman–Crippen LogP) is 17.7. The molecule has 0 bridgehead atoms. The lowest BCUT2D eigenvalue weighted by Gasteiger charge is -2.27. The van der Waals surface area contributed by atoms with Crippen LogP contribution in [0.15, 0.2) is 271 Å². The minimum atomic E-state index is -0.0934. The van der Waals surface area contributed by atoms with Gasteiger partial charge < -0.3 is 14.8 Å². The van der Waals surface area contributed by atoms with Gasteiger partial charge in [-0.1, -0.05) is 188 Å². The van der Waals surface area contributed by atoms with Crippen molar-refractivity contribution >= 4 is 111 Å². The average molecular weight is 964 g/mol. The number of para-hydroxylation sites is 3. The largest absolute Gasteiger partial charge is 0.344 e. The zero-order valence-electron chi connectivity index (χ0n) is 40.1. The molecule has 2 aromatic heterocycles. The van der Waals surface area contributed by atoms with E-state index in [0.717, 1.165) is 51.0 Å². The lowest BCUT2D eigenvalue weighted by Crippen LogP contribution is -2.40. The molecule has 4 heterocycles. The van der Waals surface area contributed by atoms with Gasteiger partial charge in [0.05, 0.1) is 33.8 Å². The van der Waals surface area contributed by atoms with Crippen molar-refractivity contribution in [2.75, 3.05) is 4.90 Å². The Morgan fingerprint density at radius 2 is 0.959 bits per heavy atom. The van der Waals surface area contributed by atoms with Crippen LogP contribution in [0.3, 0.4) is 0 Å². The Hall–Kier alpha value is -9.36. The highest BCUT2D eigenvalue weighted by Crippen LogP contribution is 2.49. The van der Waals surface area contributed by atoms with Crippen molar-refractivity contribution in [2.45, 2.75) is 6.04 Å². The predicted molar refractivity (Wildman–Crippen MR) is 314 cm³/mol. The smallest absolute Gasteiger partial charge is 0.209 e. The molecule has 0 fully saturated rings. The summed E-state index contributed by atoms with van der Waals surface area (Å²) < 4.78 is 4.80. The van der Waals surface area contributed by atoms with E-state index in [1.54, 1.807) is 0 Å². The first-order valence-corrected chi connectivity index (χ1v) is 26.1. The van der Waals surface area contributed by atoms with Gasteiger partial charge in [-0.15, -0.1) is 0 Å². The summed E-state index contributed by atoms with van der Waals surface area (Å²) in [6, 6.07) is 92.1. The molecule has 13 aromatic rings. The number of rotatable bonds is 7. The van der Waals surface area contributed by atoms with E-state index < -0.39 is 0 Å². The van der Waals surface area contributed by atoms with Crippen LogP contribution >= 0.6 is 11.8 Å². The number of benzene rings is 11. The summed E-state index contributed by atoms with van der Waals surface area (Å²) in [4.78, 5) is 10.4. The van der Waals surface area contributed by atoms with Crippen LogP contribution in [0, 0.1) is 0 Å². The molecule has 74 heavy (non-hydrogen) atoms. The standard InChI is InChI=1S/C68H45N5S/c1-5-20-46(21-6-1)62-43-57-67(74-62)66(47-32-37-52(38-33-47)71(49-22-7-2-8-23-49)50-24-9-3-10-25-50)70-68(69-57)73-58-39-36-48(42-56(58)63-53-28-15-13-18-44(53)34-40-60(63)73)55-30-17-31-59-65(55)64-54-29-16-14-19-45(54)35-41-61(64)72(59)51-26-11-4-12-27-51/h1-43,57H,(H,69,70). The molecule has 1 atom stereocenters. The summed E-state index contributed by atoms with van der Waals surface area (Å²) in [6.07, 6.45) is 2.38. The molecule has 6 heteroatoms. The third-order valence-electron chi connectivity index (χ3n) is 14.9. The quantitative estimate of drug-likeness (QED) is 0.173. The zero-order valence-corrected chi connectivity index (χ0v) is 40.9. The Balaban J connectivity index is 0.935. The molecule has 1 N–H and O–H groups in total. The van der Waals surface area contributed by atoms with Crippen molar-refractivity contribution in [1.82, 2.24) is 14.5 Å². The van der Waals surface area contributed by atoms with Crippen LogP contribution in [0.25, 0.3) is 92.6 Å². The molecular formula is C68H45N5S. The van der Waals surface area contributed by atoms with Crippen molar-refractivity contribution in [3.8, 4) is 16.8 Å². The third kappa shape index (κ3) is 6.76. The van der Waals surface area contributed by atoms with Gasteiger partial charge in [0.2, 0.25) is 5.96 Å². The summed E-state index contributed by atoms with van der Waals surface area (Å²) in [5, 5.41) is 13.8. The Kier molecular flexibility index (Phi) is 9.82. The van der Waals surface area contributed by atoms with Crippen molar-refractivity contribution in [3.05, 3.63) is 277 Å². The van der Waals surface area contributed by atoms with E-state index in [4.69, 9.17) is 4.99 Å². The number of hydrogen-bond donors (Lipinski definition) is 1. The fourth-order valence-electron chi connectivity index (χ4n) is 11.6. The Labute approximate surface area is 432 Å². The van der Waals surface area contributed by atoms with Crippen LogP contribution < -0.4 is 10.2 Å². The molecule has 0 amide bonds. The lowest BCUT2D eigenvalue weighted by molar-refractivity contribution is 0.835. The first kappa shape index (κ1) is 42.3. The molecule has 15 rings (SSSR count). The fraction of sp³-hybridized carbons (Fsp3) is 0.0147. The molecule has 0 radical (unpaired) electrons. The molecule has 0 spiro atoms. The van der Waals surface area contributed by atoms with Crippen LogP contribution in [0.2, 0.25) is 0 Å². The summed E-state index contributed by atoms with van der Waals surface area (Å²) in [5.41, 5.74) is 14.6. The fourth-order valence-corrected chi connectivity index (χ4v) is 12.8. The maximum absolute atomic E-state index is 5.73. The molecule has 348 valence electrons. The molecule has 2 aliphatic rings. The second-order valence-corrected chi connectivity index (χ2v) is 20.2. The van der Waals surface area contributed by atoms with Gasteiger partial charge in [-0.2, -0.15) is 0 Å². The van der Waals surface area contributed by atoms with Crippen molar-refractivity contribution in [2.24, 2.45) is 4.99 Å². The Morgan fingerprint density at radius 1 is 0.405 bits per heavy atom. The normalized spacial score (nSPS) is 14.5. The maximum Gasteiger partial charge on any atom is 0.209 e. The number of nitrogens with one attached hydrogen (secondary N) is 1. The zero-order chi connectivity index (χ0) is 48.7. The van der Waals surface area contributed by atoms with E-state index in [9.17, 15) is 0 Å². The van der Waals surface area contributed by atoms with Crippen LogP contribution in [0.4, 0.5) is 17.1 Å². The van der Waals surface area contributed by atoms with Crippen molar-refractivity contribution < 1.29 is 0 Å².